The van der Waals surface area contributed by atoms with Crippen molar-refractivity contribution in [2.45, 2.75) is 145 Å². The lowest BCUT2D eigenvalue weighted by Crippen LogP contribution is -2.36. The second-order valence-corrected chi connectivity index (χ2v) is 18.6. The van der Waals surface area contributed by atoms with E-state index in [1.54, 1.807) is 39.8 Å². The standard InChI is InChI=1S/C49H71N3O9/c1-32(2)41(23-22-33(3)20-21-34(4)31-50)60-24-18-16-14-12-11-13-15-17-19-25-61-47(59)35-26-36(28-37(27-35)52-49(8,9)10)51-45(56)39-29-40(44(55)48(5,6)7)43(46(57)58)38(39)30-42(53)54/h21-23,26-28,38-40,43,52H,3,11-20,24-25,29-30H2,1-2,4-10H3,(H,51,56)(H,53,54)(H,57,58). The highest BCUT2D eigenvalue weighted by atomic mass is 16.5. The van der Waals surface area contributed by atoms with Gasteiger partial charge in [-0.1, -0.05) is 90.0 Å². The number of ketones is 1. The first kappa shape index (κ1) is 52.0. The number of aliphatic carboxylic acids is 2. The van der Waals surface area contributed by atoms with E-state index in [1.807, 2.05) is 52.8 Å². The van der Waals surface area contributed by atoms with Gasteiger partial charge in [-0.3, -0.25) is 19.2 Å². The number of hydrogen-bond acceptors (Lipinski definition) is 9. The molecule has 1 aliphatic carbocycles. The number of amides is 1. The Morgan fingerprint density at radius 2 is 1.38 bits per heavy atom. The van der Waals surface area contributed by atoms with Gasteiger partial charge in [0.15, 0.2) is 0 Å². The summed E-state index contributed by atoms with van der Waals surface area (Å²) < 4.78 is 11.6. The van der Waals surface area contributed by atoms with Gasteiger partial charge in [-0.25, -0.2) is 4.79 Å². The van der Waals surface area contributed by atoms with Gasteiger partial charge >= 0.3 is 17.9 Å². The molecular formula is C49H71N3O9. The molecule has 1 amide bonds. The number of nitrogens with one attached hydrogen (secondary N) is 2. The minimum absolute atomic E-state index is 0.0966. The Balaban J connectivity index is 1.88. The number of unbranched alkanes of at least 4 members (excludes halogenated alkanes) is 8. The van der Waals surface area contributed by atoms with E-state index in [-0.39, 0.29) is 30.1 Å². The second-order valence-electron chi connectivity index (χ2n) is 18.6. The molecule has 12 nitrogen and oxygen atoms in total. The number of nitriles is 1. The van der Waals surface area contributed by atoms with E-state index in [0.717, 1.165) is 68.3 Å². The van der Waals surface area contributed by atoms with Gasteiger partial charge in [0.25, 0.3) is 0 Å². The number of Topliss-reactive ketones (excluding diaryl/α,β-unsaturated/α-hetero) is 1. The van der Waals surface area contributed by atoms with E-state index < -0.39 is 64.9 Å². The fourth-order valence-corrected chi connectivity index (χ4v) is 7.48. The highest BCUT2D eigenvalue weighted by Crippen LogP contribution is 2.47. The predicted octanol–water partition coefficient (Wildman–Crippen LogP) is 10.8. The van der Waals surface area contributed by atoms with Crippen LogP contribution in [-0.2, 0) is 28.7 Å². The van der Waals surface area contributed by atoms with Crippen LogP contribution in [0.5, 0.6) is 0 Å². The lowest BCUT2D eigenvalue weighted by molar-refractivity contribution is -0.150. The zero-order chi connectivity index (χ0) is 45.9. The summed E-state index contributed by atoms with van der Waals surface area (Å²) >= 11 is 0. The first-order chi connectivity index (χ1) is 28.5. The molecule has 0 spiro atoms. The van der Waals surface area contributed by atoms with Crippen LogP contribution in [-0.4, -0.2) is 58.6 Å². The molecule has 61 heavy (non-hydrogen) atoms. The number of anilines is 2. The van der Waals surface area contributed by atoms with Crippen molar-refractivity contribution in [2.75, 3.05) is 23.8 Å². The summed E-state index contributed by atoms with van der Waals surface area (Å²) in [4.78, 5) is 64.7. The summed E-state index contributed by atoms with van der Waals surface area (Å²) in [5.74, 6) is -7.71. The van der Waals surface area contributed by atoms with Crippen molar-refractivity contribution in [1.82, 2.24) is 0 Å². The summed E-state index contributed by atoms with van der Waals surface area (Å²) in [5.41, 5.74) is 2.42. The summed E-state index contributed by atoms with van der Waals surface area (Å²) in [7, 11) is 0. The van der Waals surface area contributed by atoms with Crippen molar-refractivity contribution in [1.29, 1.82) is 5.26 Å². The summed E-state index contributed by atoms with van der Waals surface area (Å²) in [5, 5.41) is 34.8. The van der Waals surface area contributed by atoms with Crippen molar-refractivity contribution >= 4 is 41.0 Å². The van der Waals surface area contributed by atoms with Gasteiger partial charge in [0.2, 0.25) is 5.91 Å². The fourth-order valence-electron chi connectivity index (χ4n) is 7.48. The molecule has 0 aliphatic heterocycles. The zero-order valence-electron chi connectivity index (χ0n) is 38.1. The predicted molar refractivity (Wildman–Crippen MR) is 240 cm³/mol. The van der Waals surface area contributed by atoms with Crippen LogP contribution < -0.4 is 10.6 Å². The number of carboxylic acids is 2. The van der Waals surface area contributed by atoms with E-state index in [0.29, 0.717) is 30.7 Å². The Morgan fingerprint density at radius 1 is 0.820 bits per heavy atom. The number of carbonyl (C=O) groups is 5. The molecule has 4 N–H and O–H groups in total. The molecule has 1 fully saturated rings. The van der Waals surface area contributed by atoms with E-state index in [1.165, 1.54) is 6.07 Å². The molecular weight excluding hydrogens is 775 g/mol. The Bertz CT molecular complexity index is 1830. The highest BCUT2D eigenvalue weighted by Gasteiger charge is 2.54. The topological polar surface area (TPSA) is 192 Å². The second kappa shape index (κ2) is 24.9. The molecule has 1 aliphatic rings. The largest absolute Gasteiger partial charge is 0.494 e. The van der Waals surface area contributed by atoms with E-state index in [9.17, 15) is 34.2 Å². The summed E-state index contributed by atoms with van der Waals surface area (Å²) in [6, 6.07) is 6.91. The molecule has 0 bridgehead atoms. The molecule has 4 atom stereocenters. The van der Waals surface area contributed by atoms with E-state index in [4.69, 9.17) is 14.7 Å². The van der Waals surface area contributed by atoms with Crippen LogP contribution in [0.4, 0.5) is 11.4 Å². The minimum Gasteiger partial charge on any atom is -0.494 e. The summed E-state index contributed by atoms with van der Waals surface area (Å²) in [6.07, 6.45) is 15.0. The molecule has 4 unspecified atom stereocenters. The van der Waals surface area contributed by atoms with Crippen molar-refractivity contribution in [3.63, 3.8) is 0 Å². The van der Waals surface area contributed by atoms with E-state index in [2.05, 4.69) is 23.3 Å². The third-order valence-electron chi connectivity index (χ3n) is 10.6. The maximum atomic E-state index is 13.8. The zero-order valence-corrected chi connectivity index (χ0v) is 38.1. The number of carboxylic acid groups (broad SMARTS) is 2. The summed E-state index contributed by atoms with van der Waals surface area (Å²) in [6.45, 7) is 21.6. The number of hydrogen-bond donors (Lipinski definition) is 4. The molecule has 1 aromatic rings. The van der Waals surface area contributed by atoms with Crippen LogP contribution in [0.3, 0.4) is 0 Å². The monoisotopic (exact) mass is 846 g/mol. The minimum atomic E-state index is -1.33. The number of nitrogens with zero attached hydrogens (tertiary/aromatic N) is 1. The average molecular weight is 846 g/mol. The lowest BCUT2D eigenvalue weighted by Gasteiger charge is -2.25. The maximum absolute atomic E-state index is 13.8. The first-order valence-corrected chi connectivity index (χ1v) is 21.7. The van der Waals surface area contributed by atoms with Crippen molar-refractivity contribution in [3.05, 3.63) is 71.0 Å². The van der Waals surface area contributed by atoms with Crippen LogP contribution in [0.2, 0.25) is 0 Å². The molecule has 0 saturated heterocycles. The third-order valence-corrected chi connectivity index (χ3v) is 10.6. The smallest absolute Gasteiger partial charge is 0.338 e. The normalized spacial score (nSPS) is 17.9. The number of rotatable bonds is 25. The molecule has 0 radical (unpaired) electrons. The van der Waals surface area contributed by atoms with Crippen LogP contribution in [0.1, 0.15) is 150 Å². The molecule has 12 heteroatoms. The van der Waals surface area contributed by atoms with Gasteiger partial charge in [-0.15, -0.1) is 0 Å². The molecule has 1 aromatic carbocycles. The van der Waals surface area contributed by atoms with Crippen LogP contribution in [0, 0.1) is 40.4 Å². The van der Waals surface area contributed by atoms with Crippen molar-refractivity contribution in [3.8, 4) is 6.07 Å². The molecule has 1 saturated carbocycles. The average Bonchev–Trinajstić information content (AvgIpc) is 3.53. The fraction of sp³-hybridized carbons (Fsp3) is 0.592. The quantitative estimate of drug-likeness (QED) is 0.0241. The number of benzene rings is 1. The Hall–Kier alpha value is -5.18. The van der Waals surface area contributed by atoms with Gasteiger partial charge in [0.05, 0.1) is 30.8 Å². The number of allylic oxidation sites excluding steroid dienone is 6. The van der Waals surface area contributed by atoms with Crippen LogP contribution >= 0.6 is 0 Å². The van der Waals surface area contributed by atoms with Gasteiger partial charge in [-0.05, 0) is 103 Å². The maximum Gasteiger partial charge on any atom is 0.338 e. The van der Waals surface area contributed by atoms with Crippen molar-refractivity contribution in [2.24, 2.45) is 29.1 Å². The Morgan fingerprint density at radius 3 is 1.89 bits per heavy atom. The molecule has 2 rings (SSSR count). The third kappa shape index (κ3) is 19.0. The molecule has 0 heterocycles. The molecule has 0 aromatic heterocycles. The highest BCUT2D eigenvalue weighted by molar-refractivity contribution is 5.99. The van der Waals surface area contributed by atoms with Crippen LogP contribution in [0.15, 0.2) is 65.5 Å². The van der Waals surface area contributed by atoms with Crippen LogP contribution in [0.25, 0.3) is 0 Å². The molecule has 336 valence electrons. The number of carbonyl (C=O) groups excluding carboxylic acids is 3. The number of ether oxygens (including phenoxy) is 2. The SMILES string of the molecule is C=C(C=CC(OCCCCCCCCCCCOC(=O)c1cc(NC(=O)C2CC(C(=O)C(C)(C)C)C(C(=O)O)C2CC(=O)O)cc(NC(C)(C)C)c1)=C(C)C)CC=C(C)C#N. The lowest BCUT2D eigenvalue weighted by atomic mass is 9.76. The first-order valence-electron chi connectivity index (χ1n) is 21.7. The van der Waals surface area contributed by atoms with Gasteiger partial charge in [0, 0.05) is 46.2 Å². The van der Waals surface area contributed by atoms with Gasteiger partial charge in [-0.2, -0.15) is 5.26 Å². The van der Waals surface area contributed by atoms with Gasteiger partial charge < -0.3 is 30.3 Å². The van der Waals surface area contributed by atoms with E-state index >= 15 is 0 Å². The van der Waals surface area contributed by atoms with Crippen molar-refractivity contribution < 1.29 is 43.7 Å². The Kier molecular flexibility index (Phi) is 21.2. The Labute approximate surface area is 363 Å². The van der Waals surface area contributed by atoms with Gasteiger partial charge in [0.1, 0.15) is 11.5 Å². The number of esters is 1.